The van der Waals surface area contributed by atoms with E-state index in [4.69, 9.17) is 16.3 Å². The Hall–Kier alpha value is -0.710. The Labute approximate surface area is 156 Å². The summed E-state index contributed by atoms with van der Waals surface area (Å²) in [4.78, 5) is -0.125. The summed E-state index contributed by atoms with van der Waals surface area (Å²) in [5, 5.41) is 3.05. The number of ether oxygens (including phenoxy) is 2. The lowest BCUT2D eigenvalue weighted by molar-refractivity contribution is -0.0498. The van der Waals surface area contributed by atoms with Gasteiger partial charge in [0.2, 0.25) is 10.0 Å². The first-order valence-corrected chi connectivity index (χ1v) is 9.12. The van der Waals surface area contributed by atoms with E-state index >= 15 is 0 Å². The van der Waals surface area contributed by atoms with Gasteiger partial charge in [0.15, 0.2) is 0 Å². The molecule has 0 radical (unpaired) electrons. The van der Waals surface area contributed by atoms with E-state index in [2.05, 4.69) is 14.8 Å². The molecule has 2 rings (SSSR count). The van der Waals surface area contributed by atoms with Crippen LogP contribution in [0, 0.1) is 0 Å². The van der Waals surface area contributed by atoms with Gasteiger partial charge in [0, 0.05) is 13.7 Å². The van der Waals surface area contributed by atoms with E-state index in [9.17, 15) is 17.2 Å². The van der Waals surface area contributed by atoms with Crippen LogP contribution in [0.15, 0.2) is 23.1 Å². The highest BCUT2D eigenvalue weighted by atomic mass is 35.5. The topological polar surface area (TPSA) is 76.7 Å². The van der Waals surface area contributed by atoms with Crippen LogP contribution in [0.1, 0.15) is 12.8 Å². The molecule has 1 aliphatic heterocycles. The van der Waals surface area contributed by atoms with E-state index in [1.807, 2.05) is 0 Å². The van der Waals surface area contributed by atoms with Gasteiger partial charge in [0.25, 0.3) is 0 Å². The second-order valence-corrected chi connectivity index (χ2v) is 7.71. The monoisotopic (exact) mass is 420 g/mol. The zero-order valence-electron chi connectivity index (χ0n) is 13.4. The summed E-state index contributed by atoms with van der Waals surface area (Å²) in [6.45, 7) is -1.73. The molecule has 0 spiro atoms. The van der Waals surface area contributed by atoms with E-state index in [1.165, 1.54) is 0 Å². The number of methoxy groups -OCH3 is 1. The van der Waals surface area contributed by atoms with Crippen LogP contribution in [0.3, 0.4) is 0 Å². The third kappa shape index (κ3) is 5.90. The van der Waals surface area contributed by atoms with E-state index in [0.717, 1.165) is 37.6 Å². The number of sulfonamides is 1. The van der Waals surface area contributed by atoms with E-state index in [1.54, 1.807) is 7.11 Å². The standard InChI is InChI=1S/C14H19ClF2N2O4S.ClH/c1-22-9-14(5-2-6-18-14)8-19-24(20,21)10-3-4-12(11(15)7-10)23-13(16)17;/h3-4,7,13,18-19H,2,5-6,8-9H2,1H3;1H. The van der Waals surface area contributed by atoms with Gasteiger partial charge in [0.05, 0.1) is 22.1 Å². The van der Waals surface area contributed by atoms with Crippen LogP contribution in [0.4, 0.5) is 8.78 Å². The van der Waals surface area contributed by atoms with Gasteiger partial charge in [-0.3, -0.25) is 0 Å². The number of hydrogen-bond acceptors (Lipinski definition) is 5. The molecule has 0 aromatic heterocycles. The first-order valence-electron chi connectivity index (χ1n) is 7.26. The number of halogens is 4. The highest BCUT2D eigenvalue weighted by Crippen LogP contribution is 2.29. The summed E-state index contributed by atoms with van der Waals surface area (Å²) >= 11 is 5.80. The molecule has 0 saturated carbocycles. The maximum absolute atomic E-state index is 12.4. The molecule has 0 amide bonds. The van der Waals surface area contributed by atoms with Crippen molar-refractivity contribution in [3.05, 3.63) is 23.2 Å². The molecule has 1 aliphatic rings. The molecule has 1 aromatic carbocycles. The minimum atomic E-state index is -3.84. The second-order valence-electron chi connectivity index (χ2n) is 5.54. The maximum Gasteiger partial charge on any atom is 0.387 e. The van der Waals surface area contributed by atoms with Crippen molar-refractivity contribution in [2.75, 3.05) is 26.8 Å². The number of alkyl halides is 2. The summed E-state index contributed by atoms with van der Waals surface area (Å²) in [5.41, 5.74) is -0.454. The lowest BCUT2D eigenvalue weighted by Gasteiger charge is -2.28. The van der Waals surface area contributed by atoms with Gasteiger partial charge in [0.1, 0.15) is 5.75 Å². The highest BCUT2D eigenvalue weighted by Gasteiger charge is 2.34. The number of benzene rings is 1. The van der Waals surface area contributed by atoms with Gasteiger partial charge in [-0.05, 0) is 37.6 Å². The Kier molecular flexibility index (Phi) is 8.30. The smallest absolute Gasteiger partial charge is 0.387 e. The molecule has 1 fully saturated rings. The minimum Gasteiger partial charge on any atom is -0.433 e. The van der Waals surface area contributed by atoms with Gasteiger partial charge in [-0.25, -0.2) is 13.1 Å². The third-order valence-electron chi connectivity index (χ3n) is 3.78. The summed E-state index contributed by atoms with van der Waals surface area (Å²) in [7, 11) is -2.29. The molecule has 6 nitrogen and oxygen atoms in total. The zero-order chi connectivity index (χ0) is 17.8. The van der Waals surface area contributed by atoms with Gasteiger partial charge in [-0.2, -0.15) is 8.78 Å². The Morgan fingerprint density at radius 3 is 2.68 bits per heavy atom. The van der Waals surface area contributed by atoms with Crippen molar-refractivity contribution in [1.29, 1.82) is 0 Å². The van der Waals surface area contributed by atoms with Crippen molar-refractivity contribution in [3.8, 4) is 5.75 Å². The maximum atomic E-state index is 12.4. The molecule has 1 atom stereocenters. The van der Waals surface area contributed by atoms with E-state index < -0.39 is 22.2 Å². The van der Waals surface area contributed by atoms with Crippen molar-refractivity contribution >= 4 is 34.0 Å². The lowest BCUT2D eigenvalue weighted by Crippen LogP contribution is -2.52. The molecule has 1 saturated heterocycles. The average Bonchev–Trinajstić information content (AvgIpc) is 2.96. The van der Waals surface area contributed by atoms with E-state index in [-0.39, 0.29) is 34.6 Å². The Balaban J connectivity index is 0.00000312. The van der Waals surface area contributed by atoms with Crippen molar-refractivity contribution < 1.29 is 26.7 Å². The van der Waals surface area contributed by atoms with Crippen molar-refractivity contribution in [2.45, 2.75) is 29.9 Å². The molecule has 144 valence electrons. The van der Waals surface area contributed by atoms with Gasteiger partial charge in [-0.15, -0.1) is 12.4 Å². The first-order chi connectivity index (χ1) is 11.3. The fourth-order valence-corrected chi connectivity index (χ4v) is 4.07. The van der Waals surface area contributed by atoms with Crippen LogP contribution in [0.25, 0.3) is 0 Å². The normalized spacial score (nSPS) is 20.5. The Morgan fingerprint density at radius 2 is 2.16 bits per heavy atom. The van der Waals surface area contributed by atoms with E-state index in [0.29, 0.717) is 6.61 Å². The predicted molar refractivity (Wildman–Crippen MR) is 92.4 cm³/mol. The number of hydrogen-bond donors (Lipinski definition) is 2. The van der Waals surface area contributed by atoms with Crippen LogP contribution in [-0.4, -0.2) is 47.4 Å². The summed E-state index contributed by atoms with van der Waals surface area (Å²) in [6, 6.07) is 3.34. The zero-order valence-corrected chi connectivity index (χ0v) is 15.8. The third-order valence-corrected chi connectivity index (χ3v) is 5.48. The summed E-state index contributed by atoms with van der Waals surface area (Å²) < 4.78 is 61.1. The molecule has 25 heavy (non-hydrogen) atoms. The molecule has 2 N–H and O–H groups in total. The number of nitrogens with one attached hydrogen (secondary N) is 2. The molecule has 0 bridgehead atoms. The van der Waals surface area contributed by atoms with Crippen molar-refractivity contribution in [2.24, 2.45) is 0 Å². The van der Waals surface area contributed by atoms with Gasteiger partial charge >= 0.3 is 6.61 Å². The van der Waals surface area contributed by atoms with Crippen LogP contribution in [-0.2, 0) is 14.8 Å². The van der Waals surface area contributed by atoms with Gasteiger partial charge < -0.3 is 14.8 Å². The predicted octanol–water partition coefficient (Wildman–Crippen LogP) is 2.41. The summed E-state index contributed by atoms with van der Waals surface area (Å²) in [6.07, 6.45) is 1.71. The van der Waals surface area contributed by atoms with Crippen LogP contribution in [0.5, 0.6) is 5.75 Å². The van der Waals surface area contributed by atoms with Crippen LogP contribution >= 0.6 is 24.0 Å². The fourth-order valence-electron chi connectivity index (χ4n) is 2.63. The molecule has 1 heterocycles. The molecular formula is C14H20Cl2F2N2O4S. The average molecular weight is 421 g/mol. The molecular weight excluding hydrogens is 401 g/mol. The number of rotatable bonds is 8. The van der Waals surface area contributed by atoms with Crippen LogP contribution in [0.2, 0.25) is 5.02 Å². The van der Waals surface area contributed by atoms with Crippen LogP contribution < -0.4 is 14.8 Å². The lowest BCUT2D eigenvalue weighted by atomic mass is 9.99. The SMILES string of the molecule is COCC1(CNS(=O)(=O)c2ccc(OC(F)F)c(Cl)c2)CCCN1.Cl. The Bertz CT molecular complexity index is 671. The molecule has 1 unspecified atom stereocenters. The Morgan fingerprint density at radius 1 is 1.44 bits per heavy atom. The molecule has 0 aliphatic carbocycles. The van der Waals surface area contributed by atoms with Crippen molar-refractivity contribution in [1.82, 2.24) is 10.0 Å². The minimum absolute atomic E-state index is 0. The fraction of sp³-hybridized carbons (Fsp3) is 0.571. The second kappa shape index (κ2) is 9.29. The molecule has 1 aromatic rings. The molecule has 11 heteroatoms. The summed E-state index contributed by atoms with van der Waals surface area (Å²) in [5.74, 6) is -0.279. The quantitative estimate of drug-likeness (QED) is 0.675. The largest absolute Gasteiger partial charge is 0.433 e. The first kappa shape index (κ1) is 22.3. The van der Waals surface area contributed by atoms with Gasteiger partial charge in [-0.1, -0.05) is 11.6 Å². The van der Waals surface area contributed by atoms with Crippen molar-refractivity contribution in [3.63, 3.8) is 0 Å². The highest BCUT2D eigenvalue weighted by molar-refractivity contribution is 7.89.